The first-order chi connectivity index (χ1) is 18.7. The van der Waals surface area contributed by atoms with Crippen molar-refractivity contribution in [1.82, 2.24) is 19.7 Å². The van der Waals surface area contributed by atoms with Crippen LogP contribution in [-0.4, -0.2) is 38.7 Å². The van der Waals surface area contributed by atoms with Gasteiger partial charge < -0.3 is 9.47 Å². The van der Waals surface area contributed by atoms with E-state index in [0.717, 1.165) is 34.0 Å². The van der Waals surface area contributed by atoms with Gasteiger partial charge in [-0.15, -0.1) is 10.2 Å². The van der Waals surface area contributed by atoms with E-state index in [4.69, 9.17) is 5.26 Å². The molecule has 2 aromatic carbocycles. The summed E-state index contributed by atoms with van der Waals surface area (Å²) in [6.07, 6.45) is -3.14. The minimum atomic E-state index is -4.76. The molecule has 0 aliphatic carbocycles. The van der Waals surface area contributed by atoms with Crippen LogP contribution in [0.15, 0.2) is 42.7 Å². The number of alkyl halides is 6. The van der Waals surface area contributed by atoms with Crippen molar-refractivity contribution < 1.29 is 31.1 Å². The molecule has 3 aromatic rings. The van der Waals surface area contributed by atoms with Crippen molar-refractivity contribution in [2.24, 2.45) is 13.0 Å². The normalized spacial score (nSPS) is 19.5. The standard InChI is InChI=1S/C27H24F6N6O/c1-25(28,26(29,30)24-36-35-15-37(24)2)18-4-3-5-19(10-18)39-14-21-20(23(39)40)8-17(9-22(21)27(31,32)33)13-38-7-6-16(11-34)12-38/h3-5,8-10,15-16H,6-7,12-14H2,1-2H3/t16-,25+/m0/s1. The summed E-state index contributed by atoms with van der Waals surface area (Å²) in [7, 11) is 1.24. The van der Waals surface area contributed by atoms with E-state index in [-0.39, 0.29) is 34.8 Å². The Morgan fingerprint density at radius 3 is 2.50 bits per heavy atom. The molecule has 210 valence electrons. The maximum absolute atomic E-state index is 15.8. The number of carbonyl (C=O) groups excluding carboxylic acids is 1. The number of benzene rings is 2. The maximum atomic E-state index is 15.8. The number of rotatable bonds is 6. The largest absolute Gasteiger partial charge is 0.416 e. The highest BCUT2D eigenvalue weighted by atomic mass is 19.4. The van der Waals surface area contributed by atoms with Gasteiger partial charge in [0.1, 0.15) is 6.33 Å². The van der Waals surface area contributed by atoms with Gasteiger partial charge in [0.05, 0.1) is 24.1 Å². The number of amides is 1. The first kappa shape index (κ1) is 27.6. The average molecular weight is 563 g/mol. The van der Waals surface area contributed by atoms with Crippen molar-refractivity contribution in [2.45, 2.75) is 44.2 Å². The minimum Gasteiger partial charge on any atom is -0.316 e. The van der Waals surface area contributed by atoms with Crippen LogP contribution in [0.2, 0.25) is 0 Å². The van der Waals surface area contributed by atoms with Gasteiger partial charge in [0.2, 0.25) is 11.5 Å². The van der Waals surface area contributed by atoms with E-state index in [9.17, 15) is 18.0 Å². The van der Waals surface area contributed by atoms with Gasteiger partial charge in [0.15, 0.2) is 0 Å². The lowest BCUT2D eigenvalue weighted by Gasteiger charge is -2.30. The number of halogens is 6. The summed E-state index contributed by atoms with van der Waals surface area (Å²) in [6.45, 7) is 1.31. The summed E-state index contributed by atoms with van der Waals surface area (Å²) in [5, 5.41) is 15.9. The van der Waals surface area contributed by atoms with Crippen LogP contribution >= 0.6 is 0 Å². The molecule has 3 heterocycles. The van der Waals surface area contributed by atoms with E-state index in [2.05, 4.69) is 16.3 Å². The van der Waals surface area contributed by atoms with E-state index >= 15 is 13.2 Å². The van der Waals surface area contributed by atoms with Crippen molar-refractivity contribution in [3.05, 3.63) is 76.4 Å². The van der Waals surface area contributed by atoms with Crippen LogP contribution in [-0.2, 0) is 37.9 Å². The fourth-order valence-corrected chi connectivity index (χ4v) is 5.29. The number of aromatic nitrogens is 3. The topological polar surface area (TPSA) is 78.1 Å². The highest BCUT2D eigenvalue weighted by Crippen LogP contribution is 2.48. The molecule has 0 spiro atoms. The molecular weight excluding hydrogens is 538 g/mol. The molecule has 0 unspecified atom stereocenters. The van der Waals surface area contributed by atoms with E-state index in [1.165, 1.54) is 25.2 Å². The Morgan fingerprint density at radius 2 is 1.88 bits per heavy atom. The third kappa shape index (κ3) is 4.60. The van der Waals surface area contributed by atoms with Crippen LogP contribution in [0, 0.1) is 17.2 Å². The van der Waals surface area contributed by atoms with Gasteiger partial charge >= 0.3 is 12.1 Å². The number of aryl methyl sites for hydroxylation is 1. The molecule has 1 fully saturated rings. The van der Waals surface area contributed by atoms with Crippen LogP contribution in [0.3, 0.4) is 0 Å². The summed E-state index contributed by atoms with van der Waals surface area (Å²) in [5.74, 6) is -5.98. The lowest BCUT2D eigenvalue weighted by Crippen LogP contribution is -2.39. The molecule has 40 heavy (non-hydrogen) atoms. The SMILES string of the molecule is Cn1cnnc1C(F)(F)[C@](C)(F)c1cccc(N2Cc3c(cc(CN4CC[C@@H](C#N)C4)cc3C(F)(F)F)C2=O)c1. The highest BCUT2D eigenvalue weighted by molar-refractivity contribution is 6.10. The molecule has 0 saturated carbocycles. The molecule has 1 saturated heterocycles. The predicted molar refractivity (Wildman–Crippen MR) is 131 cm³/mol. The Bertz CT molecular complexity index is 1510. The van der Waals surface area contributed by atoms with Crippen LogP contribution < -0.4 is 4.90 Å². The molecule has 2 aliphatic rings. The summed E-state index contributed by atoms with van der Waals surface area (Å²) in [6, 6.07) is 9.33. The molecule has 2 atom stereocenters. The molecular formula is C27H24F6N6O. The molecule has 0 bridgehead atoms. The van der Waals surface area contributed by atoms with E-state index in [1.807, 2.05) is 4.90 Å². The molecule has 13 heteroatoms. The van der Waals surface area contributed by atoms with E-state index in [1.54, 1.807) is 0 Å². The second-order valence-corrected chi connectivity index (χ2v) is 10.3. The number of nitriles is 1. The molecule has 7 nitrogen and oxygen atoms in total. The fourth-order valence-electron chi connectivity index (χ4n) is 5.29. The van der Waals surface area contributed by atoms with Crippen LogP contribution in [0.4, 0.5) is 32.0 Å². The molecule has 5 rings (SSSR count). The number of anilines is 1. The summed E-state index contributed by atoms with van der Waals surface area (Å²) < 4.78 is 89.4. The monoisotopic (exact) mass is 562 g/mol. The maximum Gasteiger partial charge on any atom is 0.416 e. The number of hydrogen-bond donors (Lipinski definition) is 0. The van der Waals surface area contributed by atoms with Crippen molar-refractivity contribution >= 4 is 11.6 Å². The molecule has 2 aliphatic heterocycles. The first-order valence-corrected chi connectivity index (χ1v) is 12.4. The lowest BCUT2D eigenvalue weighted by atomic mass is 9.90. The van der Waals surface area contributed by atoms with Crippen LogP contribution in [0.5, 0.6) is 0 Å². The van der Waals surface area contributed by atoms with Crippen molar-refractivity contribution in [3.63, 3.8) is 0 Å². The number of fused-ring (bicyclic) bond motifs is 1. The Labute approximate surface area is 225 Å². The third-order valence-corrected chi connectivity index (χ3v) is 7.55. The zero-order chi connectivity index (χ0) is 29.0. The van der Waals surface area contributed by atoms with Gasteiger partial charge in [-0.25, -0.2) is 4.39 Å². The molecule has 1 amide bonds. The van der Waals surface area contributed by atoms with Gasteiger partial charge in [0, 0.05) is 31.4 Å². The fraction of sp³-hybridized carbons (Fsp3) is 0.407. The molecule has 1 aromatic heterocycles. The Morgan fingerprint density at radius 1 is 1.12 bits per heavy atom. The third-order valence-electron chi connectivity index (χ3n) is 7.55. The smallest absolute Gasteiger partial charge is 0.316 e. The summed E-state index contributed by atoms with van der Waals surface area (Å²) in [5.41, 5.74) is -4.89. The first-order valence-electron chi connectivity index (χ1n) is 12.4. The lowest BCUT2D eigenvalue weighted by molar-refractivity contribution is -0.149. The number of carbonyl (C=O) groups is 1. The Kier molecular flexibility index (Phi) is 6.65. The second kappa shape index (κ2) is 9.62. The quantitative estimate of drug-likeness (QED) is 0.381. The summed E-state index contributed by atoms with van der Waals surface area (Å²) >= 11 is 0. The van der Waals surface area contributed by atoms with Crippen molar-refractivity contribution in [3.8, 4) is 6.07 Å². The van der Waals surface area contributed by atoms with Crippen molar-refractivity contribution in [1.29, 1.82) is 5.26 Å². The summed E-state index contributed by atoms with van der Waals surface area (Å²) in [4.78, 5) is 16.3. The number of nitrogens with zero attached hydrogens (tertiary/aromatic N) is 6. The Hall–Kier alpha value is -3.92. The minimum absolute atomic E-state index is 0.0255. The second-order valence-electron chi connectivity index (χ2n) is 10.3. The molecule has 0 radical (unpaired) electrons. The zero-order valence-corrected chi connectivity index (χ0v) is 21.5. The average Bonchev–Trinajstić information content (AvgIpc) is 3.62. The number of likely N-dealkylation sites (tertiary alicyclic amines) is 1. The van der Waals surface area contributed by atoms with Gasteiger partial charge in [0.25, 0.3) is 5.91 Å². The van der Waals surface area contributed by atoms with Gasteiger partial charge in [-0.1, -0.05) is 12.1 Å². The van der Waals surface area contributed by atoms with Crippen LogP contribution in [0.25, 0.3) is 0 Å². The van der Waals surface area contributed by atoms with Gasteiger partial charge in [-0.2, -0.15) is 27.2 Å². The Balaban J connectivity index is 1.48. The highest BCUT2D eigenvalue weighted by Gasteiger charge is 2.57. The predicted octanol–water partition coefficient (Wildman–Crippen LogP) is 5.32. The molecule has 0 N–H and O–H groups in total. The van der Waals surface area contributed by atoms with Gasteiger partial charge in [-0.05, 0) is 60.8 Å². The van der Waals surface area contributed by atoms with E-state index < -0.39 is 47.2 Å². The van der Waals surface area contributed by atoms with E-state index in [0.29, 0.717) is 26.4 Å². The number of hydrogen-bond acceptors (Lipinski definition) is 5. The van der Waals surface area contributed by atoms with Crippen LogP contribution in [0.1, 0.15) is 51.8 Å². The van der Waals surface area contributed by atoms with Crippen molar-refractivity contribution in [2.75, 3.05) is 18.0 Å². The van der Waals surface area contributed by atoms with Gasteiger partial charge in [-0.3, -0.25) is 9.69 Å². The zero-order valence-electron chi connectivity index (χ0n) is 21.5.